The van der Waals surface area contributed by atoms with Gasteiger partial charge in [0.15, 0.2) is 0 Å². The molecule has 0 spiro atoms. The summed E-state index contributed by atoms with van der Waals surface area (Å²) in [5, 5.41) is 10.4. The SMILES string of the molecule is CCCCCCCCCCCCCCCC[C@]1(C)CCc2c(C)c(O)c(C)c(C)c2O1. The zero-order chi connectivity index (χ0) is 22.7. The minimum absolute atomic E-state index is 0.0509. The molecule has 1 aromatic carbocycles. The van der Waals surface area contributed by atoms with Gasteiger partial charge in [-0.25, -0.2) is 0 Å². The van der Waals surface area contributed by atoms with E-state index in [0.29, 0.717) is 5.75 Å². The van der Waals surface area contributed by atoms with Crippen LogP contribution in [0.4, 0.5) is 0 Å². The van der Waals surface area contributed by atoms with Gasteiger partial charge in [0.2, 0.25) is 0 Å². The highest BCUT2D eigenvalue weighted by Gasteiger charge is 2.34. The van der Waals surface area contributed by atoms with Gasteiger partial charge in [-0.1, -0.05) is 90.4 Å². The first-order valence-corrected chi connectivity index (χ1v) is 13.4. The topological polar surface area (TPSA) is 29.5 Å². The molecule has 0 amide bonds. The third-order valence-corrected chi connectivity index (χ3v) is 7.65. The Morgan fingerprint density at radius 1 is 0.710 bits per heavy atom. The maximum absolute atomic E-state index is 10.4. The van der Waals surface area contributed by atoms with Crippen molar-refractivity contribution in [1.82, 2.24) is 0 Å². The van der Waals surface area contributed by atoms with Crippen LogP contribution in [-0.2, 0) is 6.42 Å². The Morgan fingerprint density at radius 2 is 1.19 bits per heavy atom. The van der Waals surface area contributed by atoms with Gasteiger partial charge in [-0.15, -0.1) is 0 Å². The van der Waals surface area contributed by atoms with Crippen LogP contribution in [0.3, 0.4) is 0 Å². The van der Waals surface area contributed by atoms with Crippen LogP contribution in [0.2, 0.25) is 0 Å². The number of unbranched alkanes of at least 4 members (excludes halogenated alkanes) is 13. The Morgan fingerprint density at radius 3 is 1.71 bits per heavy atom. The fourth-order valence-electron chi connectivity index (χ4n) is 5.16. The number of ether oxygens (including phenoxy) is 1. The predicted octanol–water partition coefficient (Wildman–Crippen LogP) is 9.27. The lowest BCUT2D eigenvalue weighted by Gasteiger charge is -2.38. The van der Waals surface area contributed by atoms with Crippen LogP contribution in [0.5, 0.6) is 11.5 Å². The van der Waals surface area contributed by atoms with Gasteiger partial charge in [-0.05, 0) is 70.1 Å². The van der Waals surface area contributed by atoms with Crippen LogP contribution >= 0.6 is 0 Å². The van der Waals surface area contributed by atoms with Crippen molar-refractivity contribution in [3.05, 3.63) is 22.3 Å². The second-order valence-electron chi connectivity index (χ2n) is 10.4. The average Bonchev–Trinajstić information content (AvgIpc) is 2.76. The summed E-state index contributed by atoms with van der Waals surface area (Å²) in [6, 6.07) is 0. The molecule has 0 saturated carbocycles. The first kappa shape index (κ1) is 26.1. The third kappa shape index (κ3) is 8.03. The van der Waals surface area contributed by atoms with Crippen molar-refractivity contribution >= 4 is 0 Å². The van der Waals surface area contributed by atoms with Gasteiger partial charge in [0.05, 0.1) is 0 Å². The molecule has 0 radical (unpaired) electrons. The molecule has 0 fully saturated rings. The molecule has 2 rings (SSSR count). The van der Waals surface area contributed by atoms with Crippen molar-refractivity contribution in [2.75, 3.05) is 0 Å². The van der Waals surface area contributed by atoms with Gasteiger partial charge in [0, 0.05) is 5.56 Å². The number of fused-ring (bicyclic) bond motifs is 1. The third-order valence-electron chi connectivity index (χ3n) is 7.65. The molecule has 1 aromatic rings. The van der Waals surface area contributed by atoms with E-state index in [2.05, 4.69) is 20.8 Å². The van der Waals surface area contributed by atoms with Gasteiger partial charge in [-0.3, -0.25) is 0 Å². The zero-order valence-electron chi connectivity index (χ0n) is 21.4. The van der Waals surface area contributed by atoms with Gasteiger partial charge in [0.25, 0.3) is 0 Å². The fourth-order valence-corrected chi connectivity index (χ4v) is 5.16. The first-order valence-electron chi connectivity index (χ1n) is 13.4. The number of rotatable bonds is 15. The van der Waals surface area contributed by atoms with E-state index in [1.54, 1.807) is 0 Å². The van der Waals surface area contributed by atoms with Crippen molar-refractivity contribution < 1.29 is 9.84 Å². The molecule has 1 atom stereocenters. The van der Waals surface area contributed by atoms with E-state index in [1.165, 1.54) is 95.5 Å². The molecule has 178 valence electrons. The molecule has 31 heavy (non-hydrogen) atoms. The summed E-state index contributed by atoms with van der Waals surface area (Å²) in [7, 11) is 0. The summed E-state index contributed by atoms with van der Waals surface area (Å²) in [5.41, 5.74) is 4.27. The number of hydrogen-bond donors (Lipinski definition) is 1. The highest BCUT2D eigenvalue weighted by molar-refractivity contribution is 5.58. The standard InChI is InChI=1S/C29H50O2/c1-6-7-8-9-10-11-12-13-14-15-16-17-18-19-21-29(5)22-20-26-25(4)27(30)23(2)24(3)28(26)31-29/h30H,6-22H2,1-5H3/t29-/m1/s1. The van der Waals surface area contributed by atoms with Crippen LogP contribution in [-0.4, -0.2) is 10.7 Å². The van der Waals surface area contributed by atoms with Gasteiger partial charge in [-0.2, -0.15) is 0 Å². The summed E-state index contributed by atoms with van der Waals surface area (Å²) in [4.78, 5) is 0. The van der Waals surface area contributed by atoms with Gasteiger partial charge >= 0.3 is 0 Å². The second-order valence-corrected chi connectivity index (χ2v) is 10.4. The van der Waals surface area contributed by atoms with E-state index >= 15 is 0 Å². The van der Waals surface area contributed by atoms with E-state index in [-0.39, 0.29) is 5.60 Å². The summed E-state index contributed by atoms with van der Waals surface area (Å²) >= 11 is 0. The summed E-state index contributed by atoms with van der Waals surface area (Å²) in [6.07, 6.45) is 22.9. The molecule has 0 aromatic heterocycles. The van der Waals surface area contributed by atoms with Gasteiger partial charge < -0.3 is 9.84 Å². The molecule has 1 aliphatic rings. The maximum atomic E-state index is 10.4. The highest BCUT2D eigenvalue weighted by Crippen LogP contribution is 2.44. The largest absolute Gasteiger partial charge is 0.507 e. The van der Waals surface area contributed by atoms with Crippen LogP contribution in [0.1, 0.15) is 139 Å². The van der Waals surface area contributed by atoms with Crippen molar-refractivity contribution in [3.8, 4) is 11.5 Å². The smallest absolute Gasteiger partial charge is 0.127 e. The molecule has 0 unspecified atom stereocenters. The van der Waals surface area contributed by atoms with Crippen LogP contribution in [0, 0.1) is 20.8 Å². The average molecular weight is 431 g/mol. The number of benzene rings is 1. The van der Waals surface area contributed by atoms with Gasteiger partial charge in [0.1, 0.15) is 17.1 Å². The molecule has 0 aliphatic carbocycles. The van der Waals surface area contributed by atoms with E-state index in [0.717, 1.165) is 41.7 Å². The summed E-state index contributed by atoms with van der Waals surface area (Å²) in [6.45, 7) is 10.7. The van der Waals surface area contributed by atoms with E-state index in [1.807, 2.05) is 13.8 Å². The molecule has 0 saturated heterocycles. The number of phenols is 1. The molecule has 1 N–H and O–H groups in total. The molecule has 2 heteroatoms. The van der Waals surface area contributed by atoms with Crippen LogP contribution < -0.4 is 4.74 Å². The Hall–Kier alpha value is -1.18. The van der Waals surface area contributed by atoms with Crippen molar-refractivity contribution in [1.29, 1.82) is 0 Å². The van der Waals surface area contributed by atoms with Crippen molar-refractivity contribution in [2.24, 2.45) is 0 Å². The molecule has 0 bridgehead atoms. The second kappa shape index (κ2) is 13.4. The van der Waals surface area contributed by atoms with Crippen molar-refractivity contribution in [2.45, 2.75) is 149 Å². The Bertz CT molecular complexity index is 663. The lowest BCUT2D eigenvalue weighted by atomic mass is 9.84. The van der Waals surface area contributed by atoms with Crippen molar-refractivity contribution in [3.63, 3.8) is 0 Å². The van der Waals surface area contributed by atoms with E-state index in [9.17, 15) is 5.11 Å². The molecular formula is C29H50O2. The predicted molar refractivity (Wildman–Crippen MR) is 135 cm³/mol. The Balaban J connectivity index is 1.57. The molecule has 1 aliphatic heterocycles. The molecule has 2 nitrogen and oxygen atoms in total. The lowest BCUT2D eigenvalue weighted by molar-refractivity contribution is 0.0521. The number of hydrogen-bond acceptors (Lipinski definition) is 2. The number of aromatic hydroxyl groups is 1. The minimum Gasteiger partial charge on any atom is -0.507 e. The quantitative estimate of drug-likeness (QED) is 0.281. The van der Waals surface area contributed by atoms with Crippen LogP contribution in [0.25, 0.3) is 0 Å². The summed E-state index contributed by atoms with van der Waals surface area (Å²) in [5.74, 6) is 1.50. The fraction of sp³-hybridized carbons (Fsp3) is 0.793. The molecule has 1 heterocycles. The maximum Gasteiger partial charge on any atom is 0.127 e. The lowest BCUT2D eigenvalue weighted by Crippen LogP contribution is -2.37. The first-order chi connectivity index (χ1) is 14.9. The summed E-state index contributed by atoms with van der Waals surface area (Å²) < 4.78 is 6.57. The normalized spacial score (nSPS) is 18.1. The number of phenolic OH excluding ortho intramolecular Hbond substituents is 1. The Kier molecular flexibility index (Phi) is 11.3. The highest BCUT2D eigenvalue weighted by atomic mass is 16.5. The van der Waals surface area contributed by atoms with E-state index in [4.69, 9.17) is 4.74 Å². The molecular weight excluding hydrogens is 380 g/mol. The van der Waals surface area contributed by atoms with Crippen LogP contribution in [0.15, 0.2) is 0 Å². The Labute approximate surface area is 193 Å². The monoisotopic (exact) mass is 430 g/mol. The zero-order valence-corrected chi connectivity index (χ0v) is 21.4. The minimum atomic E-state index is -0.0509. The van der Waals surface area contributed by atoms with E-state index < -0.39 is 0 Å².